The van der Waals surface area contributed by atoms with E-state index < -0.39 is 0 Å². The quantitative estimate of drug-likeness (QED) is 0.277. The van der Waals surface area contributed by atoms with Gasteiger partial charge in [0.1, 0.15) is 0 Å². The summed E-state index contributed by atoms with van der Waals surface area (Å²) < 4.78 is 10.7. The highest BCUT2D eigenvalue weighted by Crippen LogP contribution is 2.28. The third kappa shape index (κ3) is 6.85. The molecule has 2 rings (SSSR count). The highest BCUT2D eigenvalue weighted by molar-refractivity contribution is 7.80. The molecule has 8 heteroatoms. The number of phenols is 1. The lowest BCUT2D eigenvalue weighted by Gasteiger charge is -2.26. The molecule has 25 heavy (non-hydrogen) atoms. The first-order valence-corrected chi connectivity index (χ1v) is 8.93. The van der Waals surface area contributed by atoms with E-state index in [0.717, 1.165) is 45.8 Å². The van der Waals surface area contributed by atoms with Crippen LogP contribution in [-0.4, -0.2) is 67.3 Å². The van der Waals surface area contributed by atoms with Crippen LogP contribution in [0.15, 0.2) is 23.3 Å². The molecule has 1 aromatic rings. The molecule has 1 fully saturated rings. The zero-order valence-corrected chi connectivity index (χ0v) is 15.3. The van der Waals surface area contributed by atoms with Gasteiger partial charge in [0, 0.05) is 25.2 Å². The fourth-order valence-corrected chi connectivity index (χ4v) is 2.60. The van der Waals surface area contributed by atoms with Crippen molar-refractivity contribution in [3.8, 4) is 11.5 Å². The molecule has 1 saturated heterocycles. The summed E-state index contributed by atoms with van der Waals surface area (Å²) in [5, 5.41) is 17.7. The number of morpholine rings is 1. The molecule has 138 valence electrons. The predicted molar refractivity (Wildman–Crippen MR) is 102 cm³/mol. The van der Waals surface area contributed by atoms with Crippen molar-refractivity contribution < 1.29 is 14.6 Å². The Hall–Kier alpha value is -1.90. The molecule has 1 heterocycles. The van der Waals surface area contributed by atoms with E-state index in [1.54, 1.807) is 18.2 Å². The third-order valence-corrected chi connectivity index (χ3v) is 3.98. The Morgan fingerprint density at radius 3 is 3.00 bits per heavy atom. The van der Waals surface area contributed by atoms with Gasteiger partial charge in [-0.05, 0) is 44.2 Å². The molecule has 0 spiro atoms. The summed E-state index contributed by atoms with van der Waals surface area (Å²) in [6, 6.07) is 5.26. The molecule has 0 amide bonds. The Kier molecular flexibility index (Phi) is 8.44. The summed E-state index contributed by atoms with van der Waals surface area (Å²) in [5.74, 6) is 0.509. The van der Waals surface area contributed by atoms with Crippen molar-refractivity contribution in [2.45, 2.75) is 13.3 Å². The maximum absolute atomic E-state index is 10.1. The topological polar surface area (TPSA) is 78.4 Å². The molecule has 1 aromatic carbocycles. The first kappa shape index (κ1) is 19.4. The second-order valence-corrected chi connectivity index (χ2v) is 5.97. The molecule has 1 aliphatic heterocycles. The number of thiocarbonyl (C=S) groups is 1. The number of hydrazone groups is 1. The highest BCUT2D eigenvalue weighted by atomic mass is 32.1. The van der Waals surface area contributed by atoms with Gasteiger partial charge >= 0.3 is 0 Å². The molecule has 0 saturated carbocycles. The maximum Gasteiger partial charge on any atom is 0.186 e. The van der Waals surface area contributed by atoms with Crippen LogP contribution in [0.25, 0.3) is 0 Å². The van der Waals surface area contributed by atoms with Crippen molar-refractivity contribution in [1.82, 2.24) is 15.6 Å². The molecule has 0 unspecified atom stereocenters. The summed E-state index contributed by atoms with van der Waals surface area (Å²) in [6.07, 6.45) is 2.52. The minimum absolute atomic E-state index is 0.0688. The Labute approximate surface area is 154 Å². The number of benzene rings is 1. The van der Waals surface area contributed by atoms with Crippen LogP contribution in [-0.2, 0) is 4.74 Å². The average Bonchev–Trinajstić information content (AvgIpc) is 2.63. The molecule has 0 radical (unpaired) electrons. The van der Waals surface area contributed by atoms with Crippen molar-refractivity contribution in [3.63, 3.8) is 0 Å². The average molecular weight is 366 g/mol. The SMILES string of the molecule is CCOc1cccc(/C=N/NC(=S)NCCCN2CCOCC2)c1O. The normalized spacial score (nSPS) is 15.2. The van der Waals surface area contributed by atoms with E-state index in [4.69, 9.17) is 21.7 Å². The minimum atomic E-state index is 0.0688. The largest absolute Gasteiger partial charge is 0.504 e. The fourth-order valence-electron chi connectivity index (χ4n) is 2.44. The number of rotatable bonds is 8. The maximum atomic E-state index is 10.1. The Balaban J connectivity index is 1.67. The van der Waals surface area contributed by atoms with Gasteiger partial charge in [0.15, 0.2) is 16.6 Å². The van der Waals surface area contributed by atoms with E-state index in [1.807, 2.05) is 6.92 Å². The van der Waals surface area contributed by atoms with Crippen LogP contribution >= 0.6 is 12.2 Å². The molecule has 0 bridgehead atoms. The second-order valence-electron chi connectivity index (χ2n) is 5.56. The number of para-hydroxylation sites is 1. The number of hydrogen-bond donors (Lipinski definition) is 3. The number of phenolic OH excluding ortho intramolecular Hbond substituents is 1. The predicted octanol–water partition coefficient (Wildman–Crippen LogP) is 1.31. The molecule has 0 aromatic heterocycles. The zero-order valence-electron chi connectivity index (χ0n) is 14.5. The van der Waals surface area contributed by atoms with E-state index in [2.05, 4.69) is 20.7 Å². The van der Waals surface area contributed by atoms with E-state index in [1.165, 1.54) is 6.21 Å². The van der Waals surface area contributed by atoms with Gasteiger partial charge < -0.3 is 19.9 Å². The van der Waals surface area contributed by atoms with Crippen LogP contribution in [0, 0.1) is 0 Å². The van der Waals surface area contributed by atoms with E-state index in [0.29, 0.717) is 23.0 Å². The summed E-state index contributed by atoms with van der Waals surface area (Å²) in [7, 11) is 0. The van der Waals surface area contributed by atoms with Crippen LogP contribution in [0.1, 0.15) is 18.9 Å². The van der Waals surface area contributed by atoms with Crippen molar-refractivity contribution >= 4 is 23.5 Å². The van der Waals surface area contributed by atoms with Gasteiger partial charge in [0.25, 0.3) is 0 Å². The van der Waals surface area contributed by atoms with E-state index in [9.17, 15) is 5.11 Å². The molecular formula is C17H26N4O3S. The first-order chi connectivity index (χ1) is 12.2. The monoisotopic (exact) mass is 366 g/mol. The van der Waals surface area contributed by atoms with Crippen LogP contribution in [0.4, 0.5) is 0 Å². The van der Waals surface area contributed by atoms with Gasteiger partial charge in [0.05, 0.1) is 26.0 Å². The van der Waals surface area contributed by atoms with E-state index in [-0.39, 0.29) is 5.75 Å². The molecule has 3 N–H and O–H groups in total. The summed E-state index contributed by atoms with van der Waals surface area (Å²) in [6.45, 7) is 7.80. The van der Waals surface area contributed by atoms with Crippen LogP contribution in [0.2, 0.25) is 0 Å². The van der Waals surface area contributed by atoms with Crippen molar-refractivity contribution in [3.05, 3.63) is 23.8 Å². The van der Waals surface area contributed by atoms with Gasteiger partial charge in [-0.25, -0.2) is 0 Å². The number of aromatic hydroxyl groups is 1. The second kappa shape index (κ2) is 10.9. The van der Waals surface area contributed by atoms with Crippen LogP contribution < -0.4 is 15.5 Å². The Morgan fingerprint density at radius 2 is 2.24 bits per heavy atom. The van der Waals surface area contributed by atoms with Gasteiger partial charge in [-0.3, -0.25) is 10.3 Å². The van der Waals surface area contributed by atoms with Gasteiger partial charge in [-0.2, -0.15) is 5.10 Å². The van der Waals surface area contributed by atoms with Crippen LogP contribution in [0.3, 0.4) is 0 Å². The Morgan fingerprint density at radius 1 is 1.44 bits per heavy atom. The van der Waals surface area contributed by atoms with Crippen LogP contribution in [0.5, 0.6) is 11.5 Å². The number of hydrogen-bond acceptors (Lipinski definition) is 6. The molecule has 0 aliphatic carbocycles. The van der Waals surface area contributed by atoms with Crippen molar-refractivity contribution in [2.24, 2.45) is 5.10 Å². The zero-order chi connectivity index (χ0) is 17.9. The molecule has 7 nitrogen and oxygen atoms in total. The summed E-state index contributed by atoms with van der Waals surface area (Å²) in [4.78, 5) is 2.38. The summed E-state index contributed by atoms with van der Waals surface area (Å²) >= 11 is 5.18. The third-order valence-electron chi connectivity index (χ3n) is 3.74. The lowest BCUT2D eigenvalue weighted by atomic mass is 10.2. The van der Waals surface area contributed by atoms with Gasteiger partial charge in [0.2, 0.25) is 0 Å². The Bertz CT molecular complexity index is 577. The smallest absolute Gasteiger partial charge is 0.186 e. The molecular weight excluding hydrogens is 340 g/mol. The highest BCUT2D eigenvalue weighted by Gasteiger charge is 2.09. The minimum Gasteiger partial charge on any atom is -0.504 e. The standard InChI is InChI=1S/C17H26N4O3S/c1-2-24-15-6-3-5-14(16(15)22)13-19-20-17(25)18-7-4-8-21-9-11-23-12-10-21/h3,5-6,13,22H,2,4,7-12H2,1H3,(H2,18,20,25)/b19-13+. The lowest BCUT2D eigenvalue weighted by molar-refractivity contribution is 0.0376. The molecule has 1 aliphatic rings. The number of nitrogens with zero attached hydrogens (tertiary/aromatic N) is 2. The van der Waals surface area contributed by atoms with Crippen molar-refractivity contribution in [2.75, 3.05) is 46.0 Å². The number of ether oxygens (including phenoxy) is 2. The van der Waals surface area contributed by atoms with Gasteiger partial charge in [-0.15, -0.1) is 0 Å². The summed E-state index contributed by atoms with van der Waals surface area (Å²) in [5.41, 5.74) is 3.32. The lowest BCUT2D eigenvalue weighted by Crippen LogP contribution is -2.39. The first-order valence-electron chi connectivity index (χ1n) is 8.52. The molecule has 0 atom stereocenters. The van der Waals surface area contributed by atoms with E-state index >= 15 is 0 Å². The fraction of sp³-hybridized carbons (Fsp3) is 0.529. The van der Waals surface area contributed by atoms with Gasteiger partial charge in [-0.1, -0.05) is 6.07 Å². The van der Waals surface area contributed by atoms with Crippen molar-refractivity contribution in [1.29, 1.82) is 0 Å². The number of nitrogens with one attached hydrogen (secondary N) is 2.